The third-order valence-corrected chi connectivity index (χ3v) is 3.49. The molecule has 0 unspecified atom stereocenters. The summed E-state index contributed by atoms with van der Waals surface area (Å²) in [4.78, 5) is 12.2. The molecule has 9 heteroatoms. The third kappa shape index (κ3) is 4.36. The van der Waals surface area contributed by atoms with Crippen molar-refractivity contribution in [2.45, 2.75) is 32.2 Å². The van der Waals surface area contributed by atoms with E-state index < -0.39 is 29.9 Å². The number of anilines is 1. The van der Waals surface area contributed by atoms with Gasteiger partial charge in [0.2, 0.25) is 0 Å². The maximum absolute atomic E-state index is 12.5. The number of carbonyl (C=O) groups excluding carboxylic acids is 1. The molecule has 1 heterocycles. The van der Waals surface area contributed by atoms with E-state index in [4.69, 9.17) is 5.26 Å². The lowest BCUT2D eigenvalue weighted by Crippen LogP contribution is -2.43. The molecule has 0 saturated heterocycles. The molecule has 1 aromatic heterocycles. The van der Waals surface area contributed by atoms with Crippen LogP contribution in [0.15, 0.2) is 30.5 Å². The van der Waals surface area contributed by atoms with Gasteiger partial charge in [0.1, 0.15) is 0 Å². The van der Waals surface area contributed by atoms with Crippen molar-refractivity contribution in [3.05, 3.63) is 47.3 Å². The van der Waals surface area contributed by atoms with Crippen molar-refractivity contribution in [1.29, 1.82) is 5.26 Å². The molecule has 0 saturated carbocycles. The van der Waals surface area contributed by atoms with Gasteiger partial charge < -0.3 is 10.4 Å². The van der Waals surface area contributed by atoms with E-state index in [9.17, 15) is 23.1 Å². The number of benzene rings is 1. The van der Waals surface area contributed by atoms with Crippen molar-refractivity contribution in [3.8, 4) is 6.07 Å². The van der Waals surface area contributed by atoms with E-state index in [1.807, 2.05) is 6.07 Å². The molecule has 0 aliphatic carbocycles. The Morgan fingerprint density at radius 1 is 1.40 bits per heavy atom. The number of nitrogens with one attached hydrogen (secondary N) is 1. The van der Waals surface area contributed by atoms with Crippen LogP contribution in [0.25, 0.3) is 0 Å². The van der Waals surface area contributed by atoms with Crippen molar-refractivity contribution < 1.29 is 23.1 Å². The van der Waals surface area contributed by atoms with E-state index in [1.165, 1.54) is 19.1 Å². The van der Waals surface area contributed by atoms with Crippen LogP contribution in [0.2, 0.25) is 0 Å². The predicted octanol–water partition coefficient (Wildman–Crippen LogP) is 2.47. The molecule has 132 valence electrons. The number of amides is 1. The molecule has 1 aromatic carbocycles. The fraction of sp³-hybridized carbons (Fsp3) is 0.312. The zero-order valence-corrected chi connectivity index (χ0v) is 13.4. The highest BCUT2D eigenvalue weighted by molar-refractivity contribution is 5.96. The van der Waals surface area contributed by atoms with Crippen LogP contribution in [-0.4, -0.2) is 26.4 Å². The third-order valence-electron chi connectivity index (χ3n) is 3.49. The molecule has 1 atom stereocenters. The van der Waals surface area contributed by atoms with Gasteiger partial charge in [-0.25, -0.2) is 0 Å². The first kappa shape index (κ1) is 18.5. The van der Waals surface area contributed by atoms with Crippen LogP contribution < -0.4 is 5.32 Å². The number of alkyl halides is 3. The zero-order valence-electron chi connectivity index (χ0n) is 13.4. The Kier molecular flexibility index (Phi) is 4.85. The lowest BCUT2D eigenvalue weighted by Gasteiger charge is -2.22. The second-order valence-corrected chi connectivity index (χ2v) is 5.77. The Balaban J connectivity index is 2.11. The van der Waals surface area contributed by atoms with Crippen molar-refractivity contribution in [2.75, 3.05) is 5.32 Å². The Bertz CT molecular complexity index is 835. The molecule has 2 rings (SSSR count). The van der Waals surface area contributed by atoms with E-state index in [1.54, 1.807) is 13.0 Å². The van der Waals surface area contributed by atoms with Crippen LogP contribution in [0, 0.1) is 18.3 Å². The minimum absolute atomic E-state index is 0.359. The molecule has 1 amide bonds. The molecule has 0 aliphatic rings. The van der Waals surface area contributed by atoms with E-state index >= 15 is 0 Å². The molecule has 2 aromatic rings. The number of carbonyl (C=O) groups is 1. The van der Waals surface area contributed by atoms with Gasteiger partial charge in [-0.1, -0.05) is 0 Å². The van der Waals surface area contributed by atoms with Crippen LogP contribution in [0.5, 0.6) is 0 Å². The molecule has 2 N–H and O–H groups in total. The van der Waals surface area contributed by atoms with E-state index in [2.05, 4.69) is 10.4 Å². The van der Waals surface area contributed by atoms with Crippen LogP contribution >= 0.6 is 0 Å². The highest BCUT2D eigenvalue weighted by Gasteiger charge is 2.35. The molecule has 0 aliphatic heterocycles. The largest absolute Gasteiger partial charge is 0.435 e. The number of nitrogens with zero attached hydrogens (tertiary/aromatic N) is 3. The van der Waals surface area contributed by atoms with Gasteiger partial charge in [-0.15, -0.1) is 0 Å². The summed E-state index contributed by atoms with van der Waals surface area (Å²) in [5.41, 5.74) is -1.65. The van der Waals surface area contributed by atoms with Gasteiger partial charge in [-0.3, -0.25) is 9.48 Å². The minimum Gasteiger partial charge on any atom is -0.378 e. The van der Waals surface area contributed by atoms with Gasteiger partial charge in [-0.2, -0.15) is 23.5 Å². The Morgan fingerprint density at radius 3 is 2.60 bits per heavy atom. The number of halogens is 3. The number of aliphatic hydroxyl groups is 1. The molecule has 6 nitrogen and oxygen atoms in total. The predicted molar refractivity (Wildman–Crippen MR) is 82.4 cm³/mol. The summed E-state index contributed by atoms with van der Waals surface area (Å²) in [6, 6.07) is 7.32. The van der Waals surface area contributed by atoms with Crippen LogP contribution in [0.4, 0.5) is 18.9 Å². The lowest BCUT2D eigenvalue weighted by molar-refractivity contribution is -0.141. The maximum atomic E-state index is 12.5. The highest BCUT2D eigenvalue weighted by Crippen LogP contribution is 2.27. The summed E-state index contributed by atoms with van der Waals surface area (Å²) in [6.07, 6.45) is -3.56. The van der Waals surface area contributed by atoms with Gasteiger partial charge in [0.15, 0.2) is 11.3 Å². The zero-order chi connectivity index (χ0) is 18.8. The topological polar surface area (TPSA) is 90.9 Å². The van der Waals surface area contributed by atoms with Gasteiger partial charge in [0.25, 0.3) is 5.91 Å². The average molecular weight is 352 g/mol. The Morgan fingerprint density at radius 2 is 2.08 bits per heavy atom. The molecule has 0 fully saturated rings. The van der Waals surface area contributed by atoms with E-state index in [0.717, 1.165) is 16.9 Å². The number of hydrogen-bond donors (Lipinski definition) is 2. The number of nitriles is 1. The Hall–Kier alpha value is -2.86. The summed E-state index contributed by atoms with van der Waals surface area (Å²) in [6.45, 7) is 2.41. The summed E-state index contributed by atoms with van der Waals surface area (Å²) in [5.74, 6) is -0.805. The SMILES string of the molecule is Cc1cc(NC(=O)[C@@](C)(O)Cn2ccc(C(F)(F)F)n2)ccc1C#N. The standard InChI is InChI=1S/C16H15F3N4O2/c1-10-7-12(4-3-11(10)8-20)21-14(24)15(2,25)9-23-6-5-13(22-23)16(17,18)19/h3-7,25H,9H2,1-2H3,(H,21,24)/t15-/m0/s1. The summed E-state index contributed by atoms with van der Waals surface area (Å²) >= 11 is 0. The molecule has 0 bridgehead atoms. The maximum Gasteiger partial charge on any atom is 0.435 e. The summed E-state index contributed by atoms with van der Waals surface area (Å²) < 4.78 is 38.5. The van der Waals surface area contributed by atoms with E-state index in [0.29, 0.717) is 16.8 Å². The van der Waals surface area contributed by atoms with Crippen LogP contribution in [0.1, 0.15) is 23.7 Å². The number of hydrogen-bond acceptors (Lipinski definition) is 4. The van der Waals surface area contributed by atoms with Crippen molar-refractivity contribution in [1.82, 2.24) is 9.78 Å². The molecule has 0 spiro atoms. The van der Waals surface area contributed by atoms with Crippen molar-refractivity contribution in [2.24, 2.45) is 0 Å². The molecular weight excluding hydrogens is 337 g/mol. The smallest absolute Gasteiger partial charge is 0.378 e. The van der Waals surface area contributed by atoms with Crippen LogP contribution in [-0.2, 0) is 17.5 Å². The second-order valence-electron chi connectivity index (χ2n) is 5.77. The average Bonchev–Trinajstić information content (AvgIpc) is 2.95. The van der Waals surface area contributed by atoms with E-state index in [-0.39, 0.29) is 0 Å². The number of aryl methyl sites for hydroxylation is 1. The lowest BCUT2D eigenvalue weighted by atomic mass is 10.1. The highest BCUT2D eigenvalue weighted by atomic mass is 19.4. The molecule has 25 heavy (non-hydrogen) atoms. The summed E-state index contributed by atoms with van der Waals surface area (Å²) in [5, 5.41) is 24.9. The Labute approximate surface area is 141 Å². The van der Waals surface area contributed by atoms with Gasteiger partial charge in [0, 0.05) is 11.9 Å². The first-order valence-corrected chi connectivity index (χ1v) is 7.18. The number of rotatable bonds is 4. The first-order valence-electron chi connectivity index (χ1n) is 7.18. The van der Waals surface area contributed by atoms with Crippen molar-refractivity contribution in [3.63, 3.8) is 0 Å². The fourth-order valence-electron chi connectivity index (χ4n) is 2.12. The molecule has 0 radical (unpaired) electrons. The normalized spacial score (nSPS) is 13.8. The van der Waals surface area contributed by atoms with Gasteiger partial charge in [0.05, 0.1) is 18.2 Å². The van der Waals surface area contributed by atoms with Gasteiger partial charge >= 0.3 is 6.18 Å². The minimum atomic E-state index is -4.60. The van der Waals surface area contributed by atoms with Crippen molar-refractivity contribution >= 4 is 11.6 Å². The van der Waals surface area contributed by atoms with Gasteiger partial charge in [-0.05, 0) is 43.7 Å². The quantitative estimate of drug-likeness (QED) is 0.884. The summed E-state index contributed by atoms with van der Waals surface area (Å²) in [7, 11) is 0. The first-order chi connectivity index (χ1) is 11.5. The monoisotopic (exact) mass is 352 g/mol. The molecular formula is C16H15F3N4O2. The fourth-order valence-corrected chi connectivity index (χ4v) is 2.12. The second kappa shape index (κ2) is 6.57. The van der Waals surface area contributed by atoms with Crippen LogP contribution in [0.3, 0.4) is 0 Å². The number of aromatic nitrogens is 2.